The summed E-state index contributed by atoms with van der Waals surface area (Å²) in [5.74, 6) is 0.0218. The molecule has 0 aromatic heterocycles. The molecule has 0 aliphatic carbocycles. The predicted octanol–water partition coefficient (Wildman–Crippen LogP) is 5.80. The topological polar surface area (TPSA) is 61.8 Å². The fraction of sp³-hybridized carbons (Fsp3) is 0.276. The van der Waals surface area contributed by atoms with Crippen molar-refractivity contribution in [2.24, 2.45) is 4.99 Å². The summed E-state index contributed by atoms with van der Waals surface area (Å²) in [6.45, 7) is 7.99. The van der Waals surface area contributed by atoms with E-state index < -0.39 is 12.1 Å². The molecule has 0 bridgehead atoms. The first-order valence-electron chi connectivity index (χ1n) is 11.9. The Morgan fingerprint density at radius 3 is 2.26 bits per heavy atom. The Morgan fingerprint density at radius 1 is 0.971 bits per heavy atom. The van der Waals surface area contributed by atoms with Crippen molar-refractivity contribution < 1.29 is 9.59 Å². The summed E-state index contributed by atoms with van der Waals surface area (Å²) >= 11 is 0. The Hall–Kier alpha value is -3.73. The molecule has 1 aliphatic heterocycles. The number of hydrogen-bond donors (Lipinski definition) is 1. The molecule has 0 radical (unpaired) electrons. The highest BCUT2D eigenvalue weighted by Crippen LogP contribution is 2.31. The highest BCUT2D eigenvalue weighted by Gasteiger charge is 2.36. The summed E-state index contributed by atoms with van der Waals surface area (Å²) in [6.07, 6.45) is 0.476. The number of nitrogens with one attached hydrogen (secondary N) is 1. The van der Waals surface area contributed by atoms with Crippen LogP contribution in [0.1, 0.15) is 56.7 Å². The minimum Gasteiger partial charge on any atom is -0.324 e. The van der Waals surface area contributed by atoms with Crippen molar-refractivity contribution in [3.8, 4) is 0 Å². The highest BCUT2D eigenvalue weighted by atomic mass is 16.2. The SMILES string of the molecule is CC[C@@H](C(=O)Nc1ccc(C(C)C)cc1)N1C(=O)[C@H](C)N=C(c2ccccc2)c2ccccc21. The molecule has 1 heterocycles. The molecule has 2 atom stereocenters. The van der Waals surface area contributed by atoms with Gasteiger partial charge in [-0.1, -0.05) is 81.4 Å². The molecule has 0 unspecified atom stereocenters. The number of carbonyl (C=O) groups is 2. The van der Waals surface area contributed by atoms with Crippen LogP contribution in [0.15, 0.2) is 83.9 Å². The zero-order valence-electron chi connectivity index (χ0n) is 20.2. The van der Waals surface area contributed by atoms with Crippen LogP contribution in [0.2, 0.25) is 0 Å². The van der Waals surface area contributed by atoms with E-state index in [1.54, 1.807) is 11.8 Å². The molecule has 1 aliphatic rings. The summed E-state index contributed by atoms with van der Waals surface area (Å²) in [5, 5.41) is 3.02. The molecule has 3 aromatic carbocycles. The van der Waals surface area contributed by atoms with Crippen LogP contribution in [-0.2, 0) is 9.59 Å². The first kappa shape index (κ1) is 23.4. The summed E-state index contributed by atoms with van der Waals surface area (Å²) in [5.41, 5.74) is 5.19. The molecular weight excluding hydrogens is 422 g/mol. The van der Waals surface area contributed by atoms with Gasteiger partial charge in [0.2, 0.25) is 5.91 Å². The molecular formula is C29H31N3O2. The molecule has 5 nitrogen and oxygen atoms in total. The van der Waals surface area contributed by atoms with Crippen molar-refractivity contribution in [2.45, 2.75) is 52.1 Å². The fourth-order valence-electron chi connectivity index (χ4n) is 4.33. The van der Waals surface area contributed by atoms with Gasteiger partial charge in [-0.2, -0.15) is 0 Å². The van der Waals surface area contributed by atoms with Crippen molar-refractivity contribution in [3.63, 3.8) is 0 Å². The Kier molecular flexibility index (Phi) is 6.92. The van der Waals surface area contributed by atoms with Gasteiger partial charge < -0.3 is 5.32 Å². The van der Waals surface area contributed by atoms with Gasteiger partial charge in [-0.15, -0.1) is 0 Å². The number of aliphatic imine (C=N–C) groups is 1. The van der Waals surface area contributed by atoms with Gasteiger partial charge in [0.1, 0.15) is 12.1 Å². The van der Waals surface area contributed by atoms with Gasteiger partial charge in [0.05, 0.1) is 11.4 Å². The van der Waals surface area contributed by atoms with Crippen molar-refractivity contribution >= 4 is 28.9 Å². The molecule has 2 amide bonds. The molecule has 0 saturated carbocycles. The minimum absolute atomic E-state index is 0.185. The molecule has 174 valence electrons. The Labute approximate surface area is 201 Å². The molecule has 4 rings (SSSR count). The minimum atomic E-state index is -0.661. The molecule has 0 saturated heterocycles. The van der Waals surface area contributed by atoms with E-state index in [-0.39, 0.29) is 11.8 Å². The maximum atomic E-state index is 13.6. The molecule has 5 heteroatoms. The van der Waals surface area contributed by atoms with Crippen LogP contribution in [0, 0.1) is 0 Å². The van der Waals surface area contributed by atoms with Crippen molar-refractivity contribution in [3.05, 3.63) is 95.6 Å². The van der Waals surface area contributed by atoms with Crippen LogP contribution in [-0.4, -0.2) is 29.6 Å². The number of carbonyl (C=O) groups excluding carboxylic acids is 2. The van der Waals surface area contributed by atoms with E-state index in [4.69, 9.17) is 4.99 Å². The van der Waals surface area contributed by atoms with Crippen LogP contribution < -0.4 is 10.2 Å². The monoisotopic (exact) mass is 453 g/mol. The lowest BCUT2D eigenvalue weighted by Crippen LogP contribution is -2.50. The lowest BCUT2D eigenvalue weighted by Gasteiger charge is -2.31. The standard InChI is InChI=1S/C29H31N3O2/c1-5-25(28(33)31-23-17-15-21(16-18-23)19(2)3)32-26-14-10-9-13-24(26)27(30-20(4)29(32)34)22-11-7-6-8-12-22/h6-20,25H,5H2,1-4H3,(H,31,33)/t20-,25-/m0/s1. The second-order valence-electron chi connectivity index (χ2n) is 8.94. The summed E-state index contributed by atoms with van der Waals surface area (Å²) < 4.78 is 0. The molecule has 0 fully saturated rings. The van der Waals surface area contributed by atoms with Gasteiger partial charge in [0, 0.05) is 16.8 Å². The lowest BCUT2D eigenvalue weighted by atomic mass is 9.99. The van der Waals surface area contributed by atoms with E-state index >= 15 is 0 Å². The maximum Gasteiger partial charge on any atom is 0.252 e. The summed E-state index contributed by atoms with van der Waals surface area (Å²) in [4.78, 5) is 33.5. The average molecular weight is 454 g/mol. The van der Waals surface area contributed by atoms with Crippen LogP contribution >= 0.6 is 0 Å². The van der Waals surface area contributed by atoms with Gasteiger partial charge >= 0.3 is 0 Å². The number of benzene rings is 3. The quantitative estimate of drug-likeness (QED) is 0.513. The number of benzodiazepines with no additional fused rings is 1. The van der Waals surface area contributed by atoms with Crippen LogP contribution in [0.25, 0.3) is 0 Å². The lowest BCUT2D eigenvalue weighted by molar-refractivity contribution is -0.124. The Balaban J connectivity index is 1.71. The Bertz CT molecular complexity index is 1200. The van der Waals surface area contributed by atoms with E-state index in [1.165, 1.54) is 5.56 Å². The number of fused-ring (bicyclic) bond motifs is 1. The van der Waals surface area contributed by atoms with E-state index in [0.29, 0.717) is 18.0 Å². The smallest absolute Gasteiger partial charge is 0.252 e. The number of para-hydroxylation sites is 1. The molecule has 3 aromatic rings. The van der Waals surface area contributed by atoms with Crippen LogP contribution in [0.4, 0.5) is 11.4 Å². The number of amides is 2. The maximum absolute atomic E-state index is 13.6. The predicted molar refractivity (Wildman–Crippen MR) is 139 cm³/mol. The number of hydrogen-bond acceptors (Lipinski definition) is 3. The first-order valence-corrected chi connectivity index (χ1v) is 11.9. The second-order valence-corrected chi connectivity index (χ2v) is 8.94. The van der Waals surface area contributed by atoms with Crippen molar-refractivity contribution in [1.82, 2.24) is 0 Å². The largest absolute Gasteiger partial charge is 0.324 e. The zero-order chi connectivity index (χ0) is 24.2. The normalized spacial score (nSPS) is 16.5. The average Bonchev–Trinajstić information content (AvgIpc) is 2.96. The third-order valence-corrected chi connectivity index (χ3v) is 6.23. The van der Waals surface area contributed by atoms with E-state index in [1.807, 2.05) is 85.8 Å². The molecule has 1 N–H and O–H groups in total. The van der Waals surface area contributed by atoms with Crippen molar-refractivity contribution in [1.29, 1.82) is 0 Å². The van der Waals surface area contributed by atoms with Gasteiger partial charge in [0.25, 0.3) is 5.91 Å². The van der Waals surface area contributed by atoms with E-state index in [0.717, 1.165) is 22.5 Å². The third kappa shape index (κ3) is 4.65. The molecule has 34 heavy (non-hydrogen) atoms. The number of nitrogens with zero attached hydrogens (tertiary/aromatic N) is 2. The van der Waals surface area contributed by atoms with Crippen LogP contribution in [0.5, 0.6) is 0 Å². The van der Waals surface area contributed by atoms with Gasteiger partial charge in [0.15, 0.2) is 0 Å². The van der Waals surface area contributed by atoms with Gasteiger partial charge in [-0.25, -0.2) is 0 Å². The number of rotatable bonds is 6. The third-order valence-electron chi connectivity index (χ3n) is 6.23. The fourth-order valence-corrected chi connectivity index (χ4v) is 4.33. The highest BCUT2D eigenvalue weighted by molar-refractivity contribution is 6.21. The van der Waals surface area contributed by atoms with E-state index in [9.17, 15) is 9.59 Å². The van der Waals surface area contributed by atoms with E-state index in [2.05, 4.69) is 19.2 Å². The van der Waals surface area contributed by atoms with Gasteiger partial charge in [-0.3, -0.25) is 19.5 Å². The number of anilines is 2. The second kappa shape index (κ2) is 10.0. The zero-order valence-corrected chi connectivity index (χ0v) is 20.2. The Morgan fingerprint density at radius 2 is 1.62 bits per heavy atom. The summed E-state index contributed by atoms with van der Waals surface area (Å²) in [6, 6.07) is 24.2. The summed E-state index contributed by atoms with van der Waals surface area (Å²) in [7, 11) is 0. The van der Waals surface area contributed by atoms with Crippen LogP contribution in [0.3, 0.4) is 0 Å². The molecule has 0 spiro atoms. The van der Waals surface area contributed by atoms with Crippen molar-refractivity contribution in [2.75, 3.05) is 10.2 Å². The first-order chi connectivity index (χ1) is 16.4. The van der Waals surface area contributed by atoms with Gasteiger partial charge in [-0.05, 0) is 43.0 Å².